The highest BCUT2D eigenvalue weighted by molar-refractivity contribution is 5.93. The SMILES string of the molecule is COC(=O)[C@@H](NC(=O)[C@H]1CCC(=O)N1)C(C)C. The van der Waals surface area contributed by atoms with Gasteiger partial charge in [0.05, 0.1) is 7.11 Å². The average Bonchev–Trinajstić information content (AvgIpc) is 2.71. The minimum Gasteiger partial charge on any atom is -0.467 e. The topological polar surface area (TPSA) is 84.5 Å². The molecule has 0 aromatic rings. The number of amides is 2. The number of hydrogen-bond donors (Lipinski definition) is 2. The van der Waals surface area contributed by atoms with E-state index in [0.717, 1.165) is 0 Å². The largest absolute Gasteiger partial charge is 0.467 e. The van der Waals surface area contributed by atoms with Crippen molar-refractivity contribution in [2.45, 2.75) is 38.8 Å². The van der Waals surface area contributed by atoms with Crippen molar-refractivity contribution in [2.24, 2.45) is 5.92 Å². The van der Waals surface area contributed by atoms with E-state index in [1.165, 1.54) is 7.11 Å². The van der Waals surface area contributed by atoms with Crippen LogP contribution in [0.25, 0.3) is 0 Å². The normalized spacial score (nSPS) is 20.9. The lowest BCUT2D eigenvalue weighted by molar-refractivity contribution is -0.146. The maximum atomic E-state index is 11.8. The van der Waals surface area contributed by atoms with Gasteiger partial charge < -0.3 is 15.4 Å². The molecule has 0 radical (unpaired) electrons. The quantitative estimate of drug-likeness (QED) is 0.656. The molecule has 6 heteroatoms. The number of carbonyl (C=O) groups is 3. The molecule has 2 N–H and O–H groups in total. The highest BCUT2D eigenvalue weighted by Crippen LogP contribution is 2.09. The van der Waals surface area contributed by atoms with Crippen molar-refractivity contribution < 1.29 is 19.1 Å². The van der Waals surface area contributed by atoms with Crippen molar-refractivity contribution in [3.05, 3.63) is 0 Å². The molecule has 1 saturated heterocycles. The van der Waals surface area contributed by atoms with E-state index in [2.05, 4.69) is 15.4 Å². The Labute approximate surface area is 100 Å². The van der Waals surface area contributed by atoms with Crippen LogP contribution < -0.4 is 10.6 Å². The van der Waals surface area contributed by atoms with Gasteiger partial charge in [0, 0.05) is 6.42 Å². The maximum Gasteiger partial charge on any atom is 0.328 e. The summed E-state index contributed by atoms with van der Waals surface area (Å²) in [6.07, 6.45) is 0.819. The van der Waals surface area contributed by atoms with Crippen LogP contribution in [0.1, 0.15) is 26.7 Å². The lowest BCUT2D eigenvalue weighted by Gasteiger charge is -2.21. The van der Waals surface area contributed by atoms with Crippen LogP contribution >= 0.6 is 0 Å². The highest BCUT2D eigenvalue weighted by atomic mass is 16.5. The Morgan fingerprint density at radius 2 is 2.12 bits per heavy atom. The number of carbonyl (C=O) groups excluding carboxylic acids is 3. The highest BCUT2D eigenvalue weighted by Gasteiger charge is 2.31. The molecule has 1 rings (SSSR count). The smallest absolute Gasteiger partial charge is 0.328 e. The Morgan fingerprint density at radius 3 is 2.53 bits per heavy atom. The fraction of sp³-hybridized carbons (Fsp3) is 0.727. The number of esters is 1. The third kappa shape index (κ3) is 3.44. The van der Waals surface area contributed by atoms with Crippen molar-refractivity contribution >= 4 is 17.8 Å². The van der Waals surface area contributed by atoms with Gasteiger partial charge in [-0.2, -0.15) is 0 Å². The predicted octanol–water partition coefficient (Wildman–Crippen LogP) is -0.421. The zero-order valence-electron chi connectivity index (χ0n) is 10.3. The van der Waals surface area contributed by atoms with Gasteiger partial charge in [-0.15, -0.1) is 0 Å². The van der Waals surface area contributed by atoms with Crippen LogP contribution in [0.2, 0.25) is 0 Å². The number of ether oxygens (including phenoxy) is 1. The molecule has 1 aliphatic heterocycles. The summed E-state index contributed by atoms with van der Waals surface area (Å²) < 4.78 is 4.62. The van der Waals surface area contributed by atoms with E-state index in [9.17, 15) is 14.4 Å². The Hall–Kier alpha value is -1.59. The third-order valence-corrected chi connectivity index (χ3v) is 2.73. The molecule has 0 spiro atoms. The van der Waals surface area contributed by atoms with Gasteiger partial charge in [0.25, 0.3) is 0 Å². The first-order chi connectivity index (χ1) is 7.95. The molecule has 0 aliphatic carbocycles. The van der Waals surface area contributed by atoms with Gasteiger partial charge in [-0.1, -0.05) is 13.8 Å². The molecule has 17 heavy (non-hydrogen) atoms. The van der Waals surface area contributed by atoms with Crippen molar-refractivity contribution in [1.29, 1.82) is 0 Å². The summed E-state index contributed by atoms with van der Waals surface area (Å²) in [7, 11) is 1.28. The number of methoxy groups -OCH3 is 1. The molecule has 6 nitrogen and oxygen atoms in total. The molecule has 0 aromatic carbocycles. The lowest BCUT2D eigenvalue weighted by Crippen LogP contribution is -2.51. The standard InChI is InChI=1S/C11H18N2O4/c1-6(2)9(11(16)17-3)13-10(15)7-4-5-8(14)12-7/h6-7,9H,4-5H2,1-3H3,(H,12,14)(H,13,15)/t7-,9+/m1/s1. The summed E-state index contributed by atoms with van der Waals surface area (Å²) in [5, 5.41) is 5.15. The summed E-state index contributed by atoms with van der Waals surface area (Å²) in [6.45, 7) is 3.63. The second kappa shape index (κ2) is 5.65. The van der Waals surface area contributed by atoms with E-state index < -0.39 is 18.1 Å². The molecule has 0 saturated carbocycles. The van der Waals surface area contributed by atoms with E-state index in [0.29, 0.717) is 12.8 Å². The first-order valence-corrected chi connectivity index (χ1v) is 5.63. The lowest BCUT2D eigenvalue weighted by atomic mass is 10.0. The van der Waals surface area contributed by atoms with E-state index in [1.807, 2.05) is 13.8 Å². The molecule has 1 heterocycles. The summed E-state index contributed by atoms with van der Waals surface area (Å²) >= 11 is 0. The number of rotatable bonds is 4. The zero-order valence-corrected chi connectivity index (χ0v) is 10.3. The number of hydrogen-bond acceptors (Lipinski definition) is 4. The van der Waals surface area contributed by atoms with Crippen LogP contribution in [0.15, 0.2) is 0 Å². The fourth-order valence-corrected chi connectivity index (χ4v) is 1.69. The first-order valence-electron chi connectivity index (χ1n) is 5.63. The van der Waals surface area contributed by atoms with E-state index in [4.69, 9.17) is 0 Å². The monoisotopic (exact) mass is 242 g/mol. The second-order valence-electron chi connectivity index (χ2n) is 4.41. The van der Waals surface area contributed by atoms with Crippen LogP contribution in [0.3, 0.4) is 0 Å². The molecule has 1 aliphatic rings. The van der Waals surface area contributed by atoms with Crippen LogP contribution in [0.4, 0.5) is 0 Å². The van der Waals surface area contributed by atoms with Gasteiger partial charge in [-0.25, -0.2) is 4.79 Å². The van der Waals surface area contributed by atoms with Crippen molar-refractivity contribution in [3.63, 3.8) is 0 Å². The molecule has 0 aromatic heterocycles. The van der Waals surface area contributed by atoms with Gasteiger partial charge in [0.2, 0.25) is 11.8 Å². The minimum absolute atomic E-state index is 0.0662. The molecular weight excluding hydrogens is 224 g/mol. The Kier molecular flexibility index (Phi) is 4.48. The van der Waals surface area contributed by atoms with Gasteiger partial charge in [0.15, 0.2) is 0 Å². The fourth-order valence-electron chi connectivity index (χ4n) is 1.69. The molecule has 2 amide bonds. The molecule has 96 valence electrons. The summed E-state index contributed by atoms with van der Waals surface area (Å²) in [5.41, 5.74) is 0. The summed E-state index contributed by atoms with van der Waals surface area (Å²) in [5.74, 6) is -1.01. The van der Waals surface area contributed by atoms with E-state index in [1.54, 1.807) is 0 Å². The Bertz CT molecular complexity index is 327. The van der Waals surface area contributed by atoms with Crippen LogP contribution in [-0.4, -0.2) is 37.0 Å². The molecule has 0 unspecified atom stereocenters. The average molecular weight is 242 g/mol. The van der Waals surface area contributed by atoms with E-state index in [-0.39, 0.29) is 17.7 Å². The van der Waals surface area contributed by atoms with Crippen molar-refractivity contribution in [2.75, 3.05) is 7.11 Å². The van der Waals surface area contributed by atoms with Gasteiger partial charge >= 0.3 is 5.97 Å². The van der Waals surface area contributed by atoms with E-state index >= 15 is 0 Å². The zero-order chi connectivity index (χ0) is 13.0. The van der Waals surface area contributed by atoms with Crippen LogP contribution in [0.5, 0.6) is 0 Å². The van der Waals surface area contributed by atoms with Crippen molar-refractivity contribution in [3.8, 4) is 0 Å². The minimum atomic E-state index is -0.676. The predicted molar refractivity (Wildman–Crippen MR) is 59.9 cm³/mol. The first kappa shape index (κ1) is 13.5. The molecule has 0 bridgehead atoms. The number of nitrogens with one attached hydrogen (secondary N) is 2. The molecule has 2 atom stereocenters. The Balaban J connectivity index is 2.58. The van der Waals surface area contributed by atoms with Crippen LogP contribution in [-0.2, 0) is 19.1 Å². The van der Waals surface area contributed by atoms with Gasteiger partial charge in [0.1, 0.15) is 12.1 Å². The van der Waals surface area contributed by atoms with Crippen LogP contribution in [0, 0.1) is 5.92 Å². The molecule has 1 fully saturated rings. The second-order valence-corrected chi connectivity index (χ2v) is 4.41. The summed E-state index contributed by atoms with van der Waals surface area (Å²) in [6, 6.07) is -1.21. The van der Waals surface area contributed by atoms with Gasteiger partial charge in [-0.3, -0.25) is 9.59 Å². The molecular formula is C11H18N2O4. The third-order valence-electron chi connectivity index (χ3n) is 2.73. The Morgan fingerprint density at radius 1 is 1.47 bits per heavy atom. The van der Waals surface area contributed by atoms with Gasteiger partial charge in [-0.05, 0) is 12.3 Å². The maximum absolute atomic E-state index is 11.8. The van der Waals surface area contributed by atoms with Crippen molar-refractivity contribution in [1.82, 2.24) is 10.6 Å². The summed E-state index contributed by atoms with van der Waals surface area (Å²) in [4.78, 5) is 34.2.